The number of unbranched alkanes of at least 4 members (excludes halogenated alkanes) is 1. The minimum Gasteiger partial charge on any atom is -0.504 e. The first kappa shape index (κ1) is 11.7. The van der Waals surface area contributed by atoms with Gasteiger partial charge in [0.1, 0.15) is 0 Å². The summed E-state index contributed by atoms with van der Waals surface area (Å²) in [6.45, 7) is 2.06. The van der Waals surface area contributed by atoms with Gasteiger partial charge in [-0.25, -0.2) is 0 Å². The number of phenolic OH excluding ortho intramolecular Hbond substituents is 3. The molecule has 1 rings (SSSR count). The van der Waals surface area contributed by atoms with E-state index in [-0.39, 0.29) is 17.5 Å². The Hall–Kier alpha value is -1.42. The topological polar surface area (TPSA) is 86.7 Å². The lowest BCUT2D eigenvalue weighted by molar-refractivity contribution is 0.362. The molecule has 0 fully saturated rings. The first-order chi connectivity index (χ1) is 7.07. The normalized spacial score (nSPS) is 12.7. The van der Waals surface area contributed by atoms with E-state index < -0.39 is 5.75 Å². The van der Waals surface area contributed by atoms with Crippen LogP contribution in [0.1, 0.15) is 37.8 Å². The number of hydrogen-bond donors (Lipinski definition) is 4. The molecule has 84 valence electrons. The van der Waals surface area contributed by atoms with Crippen LogP contribution in [0.5, 0.6) is 17.2 Å². The molecule has 0 radical (unpaired) electrons. The van der Waals surface area contributed by atoms with Crippen LogP contribution in [0, 0.1) is 0 Å². The Morgan fingerprint density at radius 1 is 1.20 bits per heavy atom. The number of hydrogen-bond acceptors (Lipinski definition) is 4. The fourth-order valence-electron chi connectivity index (χ4n) is 1.46. The summed E-state index contributed by atoms with van der Waals surface area (Å²) in [7, 11) is 0. The highest BCUT2D eigenvalue weighted by molar-refractivity contribution is 5.53. The van der Waals surface area contributed by atoms with Gasteiger partial charge in [0.2, 0.25) is 5.75 Å². The van der Waals surface area contributed by atoms with Gasteiger partial charge in [0, 0.05) is 11.6 Å². The molecule has 0 bridgehead atoms. The SMILES string of the molecule is CCCC[C@@H](N)c1ccc(O)c(O)c1O. The second-order valence-corrected chi connectivity index (χ2v) is 3.62. The van der Waals surface area contributed by atoms with Gasteiger partial charge in [-0.15, -0.1) is 0 Å². The van der Waals surface area contributed by atoms with E-state index in [0.29, 0.717) is 5.56 Å². The smallest absolute Gasteiger partial charge is 0.200 e. The second-order valence-electron chi connectivity index (χ2n) is 3.62. The van der Waals surface area contributed by atoms with Crippen molar-refractivity contribution in [2.24, 2.45) is 5.73 Å². The molecule has 0 saturated carbocycles. The first-order valence-electron chi connectivity index (χ1n) is 5.07. The molecule has 1 atom stereocenters. The van der Waals surface area contributed by atoms with Crippen LogP contribution in [-0.4, -0.2) is 15.3 Å². The van der Waals surface area contributed by atoms with E-state index in [1.807, 2.05) is 0 Å². The van der Waals surface area contributed by atoms with Gasteiger partial charge >= 0.3 is 0 Å². The molecular weight excluding hydrogens is 194 g/mol. The third-order valence-electron chi connectivity index (χ3n) is 2.43. The van der Waals surface area contributed by atoms with Crippen molar-refractivity contribution in [1.82, 2.24) is 0 Å². The molecule has 15 heavy (non-hydrogen) atoms. The highest BCUT2D eigenvalue weighted by Crippen LogP contribution is 2.39. The number of nitrogens with two attached hydrogens (primary N) is 1. The van der Waals surface area contributed by atoms with E-state index >= 15 is 0 Å². The Morgan fingerprint density at radius 3 is 2.47 bits per heavy atom. The summed E-state index contributed by atoms with van der Waals surface area (Å²) in [5.74, 6) is -1.16. The van der Waals surface area contributed by atoms with Crippen LogP contribution < -0.4 is 5.73 Å². The molecular formula is C11H17NO3. The number of phenols is 3. The molecule has 0 amide bonds. The van der Waals surface area contributed by atoms with Gasteiger partial charge in [-0.05, 0) is 18.6 Å². The third kappa shape index (κ3) is 2.53. The molecule has 1 aromatic carbocycles. The molecule has 0 spiro atoms. The Kier molecular flexibility index (Phi) is 3.80. The van der Waals surface area contributed by atoms with E-state index in [1.54, 1.807) is 0 Å². The minimum absolute atomic E-state index is 0.309. The Labute approximate surface area is 89.0 Å². The van der Waals surface area contributed by atoms with Crippen molar-refractivity contribution < 1.29 is 15.3 Å². The number of rotatable bonds is 4. The molecule has 5 N–H and O–H groups in total. The summed E-state index contributed by atoms with van der Waals surface area (Å²) < 4.78 is 0. The van der Waals surface area contributed by atoms with Gasteiger partial charge in [-0.3, -0.25) is 0 Å². The van der Waals surface area contributed by atoms with Gasteiger partial charge in [0.15, 0.2) is 11.5 Å². The molecule has 0 saturated heterocycles. The third-order valence-corrected chi connectivity index (χ3v) is 2.43. The lowest BCUT2D eigenvalue weighted by atomic mass is 10.0. The largest absolute Gasteiger partial charge is 0.504 e. The molecule has 1 aromatic rings. The highest BCUT2D eigenvalue weighted by Gasteiger charge is 2.15. The average Bonchev–Trinajstić information content (AvgIpc) is 2.23. The van der Waals surface area contributed by atoms with Gasteiger partial charge in [-0.2, -0.15) is 0 Å². The Balaban J connectivity index is 2.90. The van der Waals surface area contributed by atoms with Crippen LogP contribution in [0.2, 0.25) is 0 Å². The van der Waals surface area contributed by atoms with E-state index in [2.05, 4.69) is 6.92 Å². The van der Waals surface area contributed by atoms with Gasteiger partial charge in [0.25, 0.3) is 0 Å². The molecule has 0 unspecified atom stereocenters. The summed E-state index contributed by atoms with van der Waals surface area (Å²) >= 11 is 0. The van der Waals surface area contributed by atoms with Crippen molar-refractivity contribution in [2.75, 3.05) is 0 Å². The molecule has 0 aliphatic carbocycles. The van der Waals surface area contributed by atoms with Gasteiger partial charge in [0.05, 0.1) is 0 Å². The fourth-order valence-corrected chi connectivity index (χ4v) is 1.46. The Bertz CT molecular complexity index is 339. The maximum atomic E-state index is 9.56. The van der Waals surface area contributed by atoms with Crippen molar-refractivity contribution in [2.45, 2.75) is 32.2 Å². The maximum Gasteiger partial charge on any atom is 0.200 e. The average molecular weight is 211 g/mol. The summed E-state index contributed by atoms with van der Waals surface area (Å²) in [5, 5.41) is 28.0. The van der Waals surface area contributed by atoms with Gasteiger partial charge < -0.3 is 21.1 Å². The summed E-state index contributed by atoms with van der Waals surface area (Å²) in [5.41, 5.74) is 6.32. The zero-order valence-corrected chi connectivity index (χ0v) is 8.77. The van der Waals surface area contributed by atoms with Crippen LogP contribution in [0.25, 0.3) is 0 Å². The van der Waals surface area contributed by atoms with E-state index in [9.17, 15) is 10.2 Å². The zero-order chi connectivity index (χ0) is 11.4. The summed E-state index contributed by atoms with van der Waals surface area (Å²) in [6.07, 6.45) is 2.73. The van der Waals surface area contributed by atoms with E-state index in [1.165, 1.54) is 12.1 Å². The van der Waals surface area contributed by atoms with E-state index in [4.69, 9.17) is 10.8 Å². The van der Waals surface area contributed by atoms with Crippen molar-refractivity contribution in [3.05, 3.63) is 17.7 Å². The molecule has 0 aromatic heterocycles. The lowest BCUT2D eigenvalue weighted by Gasteiger charge is -2.14. The molecule has 0 aliphatic heterocycles. The standard InChI is InChI=1S/C11H17NO3/c1-2-3-4-8(12)7-5-6-9(13)11(15)10(7)14/h5-6,8,13-15H,2-4,12H2,1H3/t8-/m1/s1. The molecule has 0 heterocycles. The van der Waals surface area contributed by atoms with Crippen molar-refractivity contribution in [1.29, 1.82) is 0 Å². The highest BCUT2D eigenvalue weighted by atomic mass is 16.3. The van der Waals surface area contributed by atoms with Crippen LogP contribution in [0.3, 0.4) is 0 Å². The first-order valence-corrected chi connectivity index (χ1v) is 5.07. The van der Waals surface area contributed by atoms with Crippen molar-refractivity contribution in [3.63, 3.8) is 0 Å². The zero-order valence-electron chi connectivity index (χ0n) is 8.77. The van der Waals surface area contributed by atoms with Crippen LogP contribution in [0.15, 0.2) is 12.1 Å². The molecule has 4 nitrogen and oxygen atoms in total. The van der Waals surface area contributed by atoms with Crippen LogP contribution in [-0.2, 0) is 0 Å². The molecule has 4 heteroatoms. The van der Waals surface area contributed by atoms with Crippen LogP contribution in [0.4, 0.5) is 0 Å². The molecule has 0 aliphatic rings. The predicted octanol–water partition coefficient (Wildman–Crippen LogP) is 1.99. The fraction of sp³-hybridized carbons (Fsp3) is 0.455. The summed E-state index contributed by atoms with van der Waals surface area (Å²) in [4.78, 5) is 0. The van der Waals surface area contributed by atoms with Crippen molar-refractivity contribution >= 4 is 0 Å². The minimum atomic E-state index is -0.501. The Morgan fingerprint density at radius 2 is 1.87 bits per heavy atom. The van der Waals surface area contributed by atoms with Gasteiger partial charge in [-0.1, -0.05) is 19.8 Å². The predicted molar refractivity (Wildman–Crippen MR) is 57.9 cm³/mol. The lowest BCUT2D eigenvalue weighted by Crippen LogP contribution is -2.10. The maximum absolute atomic E-state index is 9.56. The summed E-state index contributed by atoms with van der Waals surface area (Å²) in [6, 6.07) is 2.55. The van der Waals surface area contributed by atoms with Crippen LogP contribution >= 0.6 is 0 Å². The quantitative estimate of drug-likeness (QED) is 0.574. The van der Waals surface area contributed by atoms with Crippen molar-refractivity contribution in [3.8, 4) is 17.2 Å². The number of benzene rings is 1. The second kappa shape index (κ2) is 4.89. The number of aromatic hydroxyl groups is 3. The monoisotopic (exact) mass is 211 g/mol. The van der Waals surface area contributed by atoms with E-state index in [0.717, 1.165) is 19.3 Å².